The summed E-state index contributed by atoms with van der Waals surface area (Å²) in [6.07, 6.45) is 8.25. The number of benzene rings is 1. The van der Waals surface area contributed by atoms with Gasteiger partial charge in [0, 0.05) is 11.5 Å². The lowest BCUT2D eigenvalue weighted by Crippen LogP contribution is -2.33. The van der Waals surface area contributed by atoms with Gasteiger partial charge in [-0.3, -0.25) is 0 Å². The van der Waals surface area contributed by atoms with Gasteiger partial charge in [-0.05, 0) is 6.42 Å². The quantitative estimate of drug-likeness (QED) is 0.518. The van der Waals surface area contributed by atoms with Gasteiger partial charge in [0.15, 0.2) is 5.79 Å². The predicted octanol–water partition coefficient (Wildman–Crippen LogP) is 4.21. The molecule has 0 fully saturated rings. The Morgan fingerprint density at radius 3 is 2.16 bits per heavy atom. The van der Waals surface area contributed by atoms with Gasteiger partial charge in [-0.2, -0.15) is 0 Å². The van der Waals surface area contributed by atoms with Crippen molar-refractivity contribution in [3.05, 3.63) is 35.9 Å². The van der Waals surface area contributed by atoms with Crippen LogP contribution in [0.25, 0.3) is 0 Å². The average molecular weight is 264 g/mol. The summed E-state index contributed by atoms with van der Waals surface area (Å²) >= 11 is 0. The Balaban J connectivity index is 2.34. The Hall–Kier alpha value is -0.860. The van der Waals surface area contributed by atoms with Gasteiger partial charge in [0.1, 0.15) is 0 Å². The standard InChI is InChI=1S/C17H28O2/c1-3-4-5-6-7-9-12-15(2)17(18,19)16-13-10-8-11-14-16/h8,10-11,13-15,18-19H,3-7,9,12H2,1-2H3. The molecule has 1 unspecified atom stereocenters. The maximum Gasteiger partial charge on any atom is 0.192 e. The van der Waals surface area contributed by atoms with E-state index >= 15 is 0 Å². The molecule has 0 amide bonds. The highest BCUT2D eigenvalue weighted by Gasteiger charge is 2.32. The molecular weight excluding hydrogens is 236 g/mol. The van der Waals surface area contributed by atoms with E-state index in [9.17, 15) is 10.2 Å². The molecule has 0 radical (unpaired) electrons. The molecule has 1 rings (SSSR count). The Kier molecular flexibility index (Phi) is 7.11. The number of rotatable bonds is 9. The summed E-state index contributed by atoms with van der Waals surface area (Å²) in [5.41, 5.74) is 0.591. The second-order valence-corrected chi connectivity index (χ2v) is 5.55. The van der Waals surface area contributed by atoms with Crippen LogP contribution in [0, 0.1) is 5.92 Å². The molecule has 0 bridgehead atoms. The molecule has 2 heteroatoms. The summed E-state index contributed by atoms with van der Waals surface area (Å²) in [5, 5.41) is 20.5. The maximum atomic E-state index is 10.3. The number of aliphatic hydroxyl groups is 2. The first-order valence-electron chi connectivity index (χ1n) is 7.59. The highest BCUT2D eigenvalue weighted by Crippen LogP contribution is 2.30. The average Bonchev–Trinajstić information content (AvgIpc) is 2.43. The van der Waals surface area contributed by atoms with Crippen molar-refractivity contribution in [3.8, 4) is 0 Å². The van der Waals surface area contributed by atoms with Gasteiger partial charge in [0.2, 0.25) is 0 Å². The maximum absolute atomic E-state index is 10.3. The monoisotopic (exact) mass is 264 g/mol. The molecule has 2 nitrogen and oxygen atoms in total. The minimum Gasteiger partial charge on any atom is -0.362 e. The summed E-state index contributed by atoms with van der Waals surface area (Å²) in [7, 11) is 0. The summed E-state index contributed by atoms with van der Waals surface area (Å²) in [6, 6.07) is 9.12. The van der Waals surface area contributed by atoms with Gasteiger partial charge in [-0.15, -0.1) is 0 Å². The SMILES string of the molecule is CCCCCCCCC(C)C(O)(O)c1ccccc1. The molecule has 1 aromatic carbocycles. The highest BCUT2D eigenvalue weighted by atomic mass is 16.5. The normalized spacial score (nSPS) is 13.5. The first-order valence-corrected chi connectivity index (χ1v) is 7.59. The zero-order valence-electron chi connectivity index (χ0n) is 12.3. The molecule has 0 saturated carbocycles. The van der Waals surface area contributed by atoms with Crippen LogP contribution in [0.3, 0.4) is 0 Å². The van der Waals surface area contributed by atoms with E-state index in [1.807, 2.05) is 25.1 Å². The lowest BCUT2D eigenvalue weighted by atomic mass is 9.89. The predicted molar refractivity (Wildman–Crippen MR) is 79.7 cm³/mol. The Morgan fingerprint density at radius 2 is 1.53 bits per heavy atom. The van der Waals surface area contributed by atoms with Crippen molar-refractivity contribution in [1.82, 2.24) is 0 Å². The molecule has 0 aromatic heterocycles. The van der Waals surface area contributed by atoms with E-state index in [1.54, 1.807) is 12.1 Å². The van der Waals surface area contributed by atoms with Crippen molar-refractivity contribution in [2.45, 2.75) is 64.6 Å². The molecule has 0 saturated heterocycles. The third kappa shape index (κ3) is 5.33. The second kappa shape index (κ2) is 8.34. The van der Waals surface area contributed by atoms with Gasteiger partial charge < -0.3 is 10.2 Å². The fourth-order valence-electron chi connectivity index (χ4n) is 2.40. The van der Waals surface area contributed by atoms with Gasteiger partial charge >= 0.3 is 0 Å². The van der Waals surface area contributed by atoms with E-state index in [1.165, 1.54) is 32.1 Å². The Labute approximate surface area is 117 Å². The van der Waals surface area contributed by atoms with Crippen molar-refractivity contribution >= 4 is 0 Å². The smallest absolute Gasteiger partial charge is 0.192 e. The molecule has 0 spiro atoms. The lowest BCUT2D eigenvalue weighted by Gasteiger charge is -2.29. The van der Waals surface area contributed by atoms with E-state index in [0.29, 0.717) is 5.56 Å². The van der Waals surface area contributed by atoms with Crippen LogP contribution in [0.15, 0.2) is 30.3 Å². The van der Waals surface area contributed by atoms with E-state index in [2.05, 4.69) is 6.92 Å². The lowest BCUT2D eigenvalue weighted by molar-refractivity contribution is -0.207. The van der Waals surface area contributed by atoms with Crippen LogP contribution in [0.5, 0.6) is 0 Å². The van der Waals surface area contributed by atoms with E-state index in [4.69, 9.17) is 0 Å². The van der Waals surface area contributed by atoms with Gasteiger partial charge in [0.25, 0.3) is 0 Å². The molecule has 1 aromatic rings. The number of unbranched alkanes of at least 4 members (excludes halogenated alkanes) is 5. The molecule has 2 N–H and O–H groups in total. The third-order valence-corrected chi connectivity index (χ3v) is 3.88. The first kappa shape index (κ1) is 16.2. The molecule has 0 heterocycles. The Bertz CT molecular complexity index is 332. The molecule has 19 heavy (non-hydrogen) atoms. The number of hydrogen-bond acceptors (Lipinski definition) is 2. The van der Waals surface area contributed by atoms with Gasteiger partial charge in [-0.1, -0.05) is 82.7 Å². The summed E-state index contributed by atoms with van der Waals surface area (Å²) < 4.78 is 0. The van der Waals surface area contributed by atoms with Crippen LogP contribution < -0.4 is 0 Å². The van der Waals surface area contributed by atoms with Crippen LogP contribution in [-0.4, -0.2) is 10.2 Å². The van der Waals surface area contributed by atoms with Gasteiger partial charge in [-0.25, -0.2) is 0 Å². The molecule has 1 atom stereocenters. The van der Waals surface area contributed by atoms with E-state index < -0.39 is 5.79 Å². The van der Waals surface area contributed by atoms with Crippen molar-refractivity contribution in [1.29, 1.82) is 0 Å². The summed E-state index contributed by atoms with van der Waals surface area (Å²) in [4.78, 5) is 0. The minimum atomic E-state index is -1.70. The highest BCUT2D eigenvalue weighted by molar-refractivity contribution is 5.20. The fourth-order valence-corrected chi connectivity index (χ4v) is 2.40. The van der Waals surface area contributed by atoms with E-state index in [-0.39, 0.29) is 5.92 Å². The van der Waals surface area contributed by atoms with Crippen molar-refractivity contribution in [3.63, 3.8) is 0 Å². The fraction of sp³-hybridized carbons (Fsp3) is 0.647. The van der Waals surface area contributed by atoms with Gasteiger partial charge in [0.05, 0.1) is 0 Å². The third-order valence-electron chi connectivity index (χ3n) is 3.88. The topological polar surface area (TPSA) is 40.5 Å². The molecular formula is C17H28O2. The van der Waals surface area contributed by atoms with Crippen molar-refractivity contribution in [2.24, 2.45) is 5.92 Å². The molecule has 0 aliphatic carbocycles. The summed E-state index contributed by atoms with van der Waals surface area (Å²) in [5.74, 6) is -1.84. The molecule has 108 valence electrons. The Morgan fingerprint density at radius 1 is 0.947 bits per heavy atom. The minimum absolute atomic E-state index is 0.138. The first-order chi connectivity index (χ1) is 9.09. The van der Waals surface area contributed by atoms with Crippen LogP contribution in [0.2, 0.25) is 0 Å². The zero-order valence-corrected chi connectivity index (χ0v) is 12.3. The van der Waals surface area contributed by atoms with Crippen LogP contribution in [0.4, 0.5) is 0 Å². The molecule has 0 aliphatic heterocycles. The molecule has 0 aliphatic rings. The number of hydrogen-bond donors (Lipinski definition) is 2. The zero-order chi connectivity index (χ0) is 14.1. The van der Waals surface area contributed by atoms with Crippen LogP contribution >= 0.6 is 0 Å². The second-order valence-electron chi connectivity index (χ2n) is 5.55. The largest absolute Gasteiger partial charge is 0.362 e. The van der Waals surface area contributed by atoms with Crippen molar-refractivity contribution < 1.29 is 10.2 Å². The summed E-state index contributed by atoms with van der Waals surface area (Å²) in [6.45, 7) is 4.13. The van der Waals surface area contributed by atoms with E-state index in [0.717, 1.165) is 12.8 Å². The van der Waals surface area contributed by atoms with Crippen LogP contribution in [-0.2, 0) is 5.79 Å². The van der Waals surface area contributed by atoms with Crippen LogP contribution in [0.1, 0.15) is 64.4 Å². The van der Waals surface area contributed by atoms with Crippen molar-refractivity contribution in [2.75, 3.05) is 0 Å².